The van der Waals surface area contributed by atoms with E-state index in [1.807, 2.05) is 0 Å². The summed E-state index contributed by atoms with van der Waals surface area (Å²) < 4.78 is 5.05. The van der Waals surface area contributed by atoms with Crippen molar-refractivity contribution in [2.75, 3.05) is 0 Å². The molecule has 0 unspecified atom stereocenters. The predicted octanol–water partition coefficient (Wildman–Crippen LogP) is -1.02. The zero-order valence-electron chi connectivity index (χ0n) is 7.73. The van der Waals surface area contributed by atoms with Crippen LogP contribution in [-0.2, 0) is 9.53 Å². The fourth-order valence-corrected chi connectivity index (χ4v) is 1.46. The summed E-state index contributed by atoms with van der Waals surface area (Å²) >= 11 is 0. The van der Waals surface area contributed by atoms with Crippen LogP contribution in [0.4, 0.5) is 0 Å². The van der Waals surface area contributed by atoms with Gasteiger partial charge in [-0.05, 0) is 6.92 Å². The summed E-state index contributed by atoms with van der Waals surface area (Å²) in [5.74, 6) is -0.291. The molecular weight excluding hydrogens is 174 g/mol. The number of nitrogens with one attached hydrogen (secondary N) is 1. The lowest BCUT2D eigenvalue weighted by molar-refractivity contribution is -0.202. The molecule has 0 aromatic carbocycles. The van der Waals surface area contributed by atoms with Gasteiger partial charge in [-0.2, -0.15) is 0 Å². The van der Waals surface area contributed by atoms with Crippen LogP contribution in [0, 0.1) is 0 Å². The maximum Gasteiger partial charge on any atom is 0.217 e. The van der Waals surface area contributed by atoms with E-state index >= 15 is 0 Å². The van der Waals surface area contributed by atoms with Gasteiger partial charge in [-0.25, -0.2) is 0 Å². The Morgan fingerprint density at radius 1 is 1.54 bits per heavy atom. The second-order valence-electron chi connectivity index (χ2n) is 3.37. The molecular formula is C8H15NO4. The smallest absolute Gasteiger partial charge is 0.217 e. The highest BCUT2D eigenvalue weighted by molar-refractivity contribution is 5.73. The quantitative estimate of drug-likeness (QED) is 0.493. The number of carbonyl (C=O) groups is 1. The molecule has 1 heterocycles. The van der Waals surface area contributed by atoms with E-state index in [-0.39, 0.29) is 12.0 Å². The van der Waals surface area contributed by atoms with Gasteiger partial charge < -0.3 is 20.3 Å². The van der Waals surface area contributed by atoms with Crippen LogP contribution in [0.1, 0.15) is 20.3 Å². The zero-order valence-corrected chi connectivity index (χ0v) is 7.73. The van der Waals surface area contributed by atoms with Gasteiger partial charge in [-0.3, -0.25) is 4.79 Å². The summed E-state index contributed by atoms with van der Waals surface area (Å²) in [6.45, 7) is 3.09. The lowest BCUT2D eigenvalue weighted by Crippen LogP contribution is -2.56. The predicted molar refractivity (Wildman–Crippen MR) is 44.8 cm³/mol. The average Bonchev–Trinajstić information content (AvgIpc) is 1.96. The summed E-state index contributed by atoms with van der Waals surface area (Å²) in [7, 11) is 0. The highest BCUT2D eigenvalue weighted by Gasteiger charge is 2.35. The number of hydrogen-bond acceptors (Lipinski definition) is 4. The van der Waals surface area contributed by atoms with Gasteiger partial charge >= 0.3 is 0 Å². The molecule has 5 nitrogen and oxygen atoms in total. The van der Waals surface area contributed by atoms with Crippen molar-refractivity contribution >= 4 is 5.91 Å². The molecule has 1 saturated heterocycles. The summed E-state index contributed by atoms with van der Waals surface area (Å²) in [6.07, 6.45) is -1.64. The molecule has 0 aliphatic carbocycles. The topological polar surface area (TPSA) is 78.8 Å². The molecule has 0 aromatic rings. The number of aliphatic hydroxyl groups excluding tert-OH is 2. The molecule has 0 radical (unpaired) electrons. The fraction of sp³-hybridized carbons (Fsp3) is 0.875. The van der Waals surface area contributed by atoms with Gasteiger partial charge in [0.05, 0.1) is 12.2 Å². The minimum Gasteiger partial charge on any atom is -0.391 e. The van der Waals surface area contributed by atoms with Crippen molar-refractivity contribution in [1.82, 2.24) is 5.32 Å². The first-order valence-corrected chi connectivity index (χ1v) is 4.29. The molecule has 1 aliphatic heterocycles. The minimum absolute atomic E-state index is 0.185. The molecule has 4 atom stereocenters. The van der Waals surface area contributed by atoms with Crippen LogP contribution in [-0.4, -0.2) is 40.7 Å². The summed E-state index contributed by atoms with van der Waals surface area (Å²) in [5, 5.41) is 21.3. The maximum absolute atomic E-state index is 10.7. The van der Waals surface area contributed by atoms with E-state index in [9.17, 15) is 15.0 Å². The summed E-state index contributed by atoms with van der Waals surface area (Å²) in [6, 6.07) is -0.714. The van der Waals surface area contributed by atoms with Gasteiger partial charge in [-0.15, -0.1) is 0 Å². The van der Waals surface area contributed by atoms with Crippen LogP contribution < -0.4 is 5.32 Å². The van der Waals surface area contributed by atoms with Crippen LogP contribution in [0.15, 0.2) is 0 Å². The van der Waals surface area contributed by atoms with E-state index in [1.54, 1.807) is 6.92 Å². The molecule has 1 aliphatic rings. The molecule has 0 saturated carbocycles. The van der Waals surface area contributed by atoms with E-state index in [1.165, 1.54) is 6.92 Å². The Balaban J connectivity index is 2.56. The van der Waals surface area contributed by atoms with E-state index in [0.29, 0.717) is 6.42 Å². The second-order valence-corrected chi connectivity index (χ2v) is 3.37. The van der Waals surface area contributed by atoms with E-state index in [4.69, 9.17) is 4.74 Å². The highest BCUT2D eigenvalue weighted by atomic mass is 16.6. The third-order valence-electron chi connectivity index (χ3n) is 2.04. The molecule has 1 fully saturated rings. The van der Waals surface area contributed by atoms with Crippen molar-refractivity contribution in [3.63, 3.8) is 0 Å². The lowest BCUT2D eigenvalue weighted by atomic mass is 10.0. The van der Waals surface area contributed by atoms with Gasteiger partial charge in [0.1, 0.15) is 6.04 Å². The SMILES string of the molecule is CC(=O)N[C@@H]1[C@H](O)O[C@H](C)C[C@@H]1O. The molecule has 3 N–H and O–H groups in total. The molecule has 1 amide bonds. The maximum atomic E-state index is 10.7. The number of ether oxygens (including phenoxy) is 1. The number of amides is 1. The molecule has 5 heteroatoms. The largest absolute Gasteiger partial charge is 0.391 e. The first-order chi connectivity index (χ1) is 6.00. The summed E-state index contributed by atoms with van der Waals surface area (Å²) in [5.41, 5.74) is 0. The second kappa shape index (κ2) is 4.04. The van der Waals surface area contributed by atoms with Gasteiger partial charge in [0.2, 0.25) is 5.91 Å². The van der Waals surface area contributed by atoms with Crippen LogP contribution in [0.25, 0.3) is 0 Å². The van der Waals surface area contributed by atoms with Crippen molar-refractivity contribution < 1.29 is 19.7 Å². The first kappa shape index (κ1) is 10.4. The average molecular weight is 189 g/mol. The van der Waals surface area contributed by atoms with Crippen LogP contribution >= 0.6 is 0 Å². The minimum atomic E-state index is -1.12. The van der Waals surface area contributed by atoms with Gasteiger partial charge in [0.25, 0.3) is 0 Å². The lowest BCUT2D eigenvalue weighted by Gasteiger charge is -2.35. The molecule has 0 spiro atoms. The number of carbonyl (C=O) groups excluding carboxylic acids is 1. The number of hydrogen-bond donors (Lipinski definition) is 3. The van der Waals surface area contributed by atoms with Crippen LogP contribution in [0.2, 0.25) is 0 Å². The molecule has 76 valence electrons. The fourth-order valence-electron chi connectivity index (χ4n) is 1.46. The first-order valence-electron chi connectivity index (χ1n) is 4.29. The van der Waals surface area contributed by atoms with Gasteiger partial charge in [-0.1, -0.05) is 0 Å². The van der Waals surface area contributed by atoms with E-state index < -0.39 is 18.4 Å². The standard InChI is InChI=1S/C8H15NO4/c1-4-3-6(11)7(8(12)13-4)9-5(2)10/h4,6-8,11-12H,3H2,1-2H3,(H,9,10)/t4-,6+,7+,8-/m1/s1. The zero-order chi connectivity index (χ0) is 10.0. The Kier molecular flexibility index (Phi) is 3.24. The third kappa shape index (κ3) is 2.65. The number of aliphatic hydroxyl groups is 2. The van der Waals surface area contributed by atoms with Crippen molar-refractivity contribution in [2.45, 2.75) is 44.8 Å². The highest BCUT2D eigenvalue weighted by Crippen LogP contribution is 2.18. The Morgan fingerprint density at radius 2 is 2.15 bits per heavy atom. The summed E-state index contributed by atoms with van der Waals surface area (Å²) in [4.78, 5) is 10.7. The van der Waals surface area contributed by atoms with Gasteiger partial charge in [0.15, 0.2) is 6.29 Å². The molecule has 0 bridgehead atoms. The third-order valence-corrected chi connectivity index (χ3v) is 2.04. The van der Waals surface area contributed by atoms with Crippen molar-refractivity contribution in [1.29, 1.82) is 0 Å². The monoisotopic (exact) mass is 189 g/mol. The number of rotatable bonds is 1. The van der Waals surface area contributed by atoms with Crippen LogP contribution in [0.5, 0.6) is 0 Å². The van der Waals surface area contributed by atoms with Crippen molar-refractivity contribution in [3.8, 4) is 0 Å². The normalized spacial score (nSPS) is 40.0. The van der Waals surface area contributed by atoms with E-state index in [2.05, 4.69) is 5.32 Å². The Hall–Kier alpha value is -0.650. The van der Waals surface area contributed by atoms with Gasteiger partial charge in [0, 0.05) is 13.3 Å². The molecule has 1 rings (SSSR count). The van der Waals surface area contributed by atoms with E-state index in [0.717, 1.165) is 0 Å². The molecule has 0 aromatic heterocycles. The Labute approximate surface area is 76.7 Å². The Bertz CT molecular complexity index is 185. The van der Waals surface area contributed by atoms with Crippen LogP contribution in [0.3, 0.4) is 0 Å². The van der Waals surface area contributed by atoms with Crippen molar-refractivity contribution in [2.24, 2.45) is 0 Å². The van der Waals surface area contributed by atoms with Crippen molar-refractivity contribution in [3.05, 3.63) is 0 Å². The molecule has 13 heavy (non-hydrogen) atoms. The Morgan fingerprint density at radius 3 is 2.62 bits per heavy atom.